The lowest BCUT2D eigenvalue weighted by molar-refractivity contribution is 0.198. The molecule has 1 unspecified atom stereocenters. The maximum atomic E-state index is 13.4. The lowest BCUT2D eigenvalue weighted by Crippen LogP contribution is -2.46. The van der Waals surface area contributed by atoms with Gasteiger partial charge in [-0.3, -0.25) is 4.90 Å². The van der Waals surface area contributed by atoms with Crippen LogP contribution in [0, 0.1) is 5.82 Å². The van der Waals surface area contributed by atoms with Crippen LogP contribution in [0.2, 0.25) is 0 Å². The minimum absolute atomic E-state index is 0.176. The van der Waals surface area contributed by atoms with E-state index < -0.39 is 6.10 Å². The van der Waals surface area contributed by atoms with Crippen molar-refractivity contribution < 1.29 is 19.0 Å². The fraction of sp³-hybridized carbons (Fsp3) is 0.417. The fourth-order valence-electron chi connectivity index (χ4n) is 3.98. The first-order valence-corrected chi connectivity index (χ1v) is 11.6. The lowest BCUT2D eigenvalue weighted by Gasteiger charge is -2.35. The summed E-state index contributed by atoms with van der Waals surface area (Å²) in [4.78, 5) is 4.86. The molecule has 0 bridgehead atoms. The molecule has 0 aliphatic carbocycles. The number of ether oxygens (including phenoxy) is 2. The molecule has 7 heteroatoms. The van der Waals surface area contributed by atoms with Crippen LogP contribution in [0.1, 0.15) is 25.0 Å². The smallest absolute Gasteiger partial charge is 0.161 e. The molecule has 1 aromatic heterocycles. The van der Waals surface area contributed by atoms with Gasteiger partial charge in [-0.05, 0) is 49.2 Å². The number of fused-ring (bicyclic) bond motifs is 1. The summed E-state index contributed by atoms with van der Waals surface area (Å²) in [7, 11) is 1.61. The van der Waals surface area contributed by atoms with E-state index in [0.29, 0.717) is 18.1 Å². The molecule has 4 rings (SSSR count). The van der Waals surface area contributed by atoms with Gasteiger partial charge in [0.1, 0.15) is 5.82 Å². The van der Waals surface area contributed by atoms with Crippen LogP contribution in [-0.4, -0.2) is 56.4 Å². The molecule has 0 amide bonds. The Morgan fingerprint density at radius 3 is 2.65 bits per heavy atom. The van der Waals surface area contributed by atoms with E-state index in [9.17, 15) is 9.50 Å². The van der Waals surface area contributed by atoms with Crippen LogP contribution in [0.3, 0.4) is 0 Å². The minimum Gasteiger partial charge on any atom is -0.493 e. The third-order valence-corrected chi connectivity index (χ3v) is 6.71. The van der Waals surface area contributed by atoms with Crippen LogP contribution in [0.4, 0.5) is 10.1 Å². The van der Waals surface area contributed by atoms with Crippen molar-refractivity contribution >= 4 is 27.1 Å². The lowest BCUT2D eigenvalue weighted by atomic mass is 10.1. The number of aliphatic hydroxyl groups excluding tert-OH is 1. The Kier molecular flexibility index (Phi) is 6.95. The SMILES string of the molecule is COc1cc(C(C)O)ccc1OCCCN1CCN(c2csc3cc(F)ccc23)CC1. The van der Waals surface area contributed by atoms with Crippen molar-refractivity contribution in [3.05, 3.63) is 53.2 Å². The van der Waals surface area contributed by atoms with E-state index in [0.717, 1.165) is 54.8 Å². The van der Waals surface area contributed by atoms with E-state index in [1.165, 1.54) is 5.69 Å². The fourth-order valence-corrected chi connectivity index (χ4v) is 4.97. The molecule has 0 saturated carbocycles. The molecule has 1 aliphatic heterocycles. The molecule has 166 valence electrons. The average Bonchev–Trinajstić information content (AvgIpc) is 3.20. The number of hydrogen-bond acceptors (Lipinski definition) is 6. The summed E-state index contributed by atoms with van der Waals surface area (Å²) >= 11 is 1.61. The molecule has 3 aromatic rings. The Labute approximate surface area is 186 Å². The summed E-state index contributed by atoms with van der Waals surface area (Å²) in [5.41, 5.74) is 2.03. The largest absolute Gasteiger partial charge is 0.493 e. The second-order valence-electron chi connectivity index (χ2n) is 7.88. The van der Waals surface area contributed by atoms with E-state index in [-0.39, 0.29) is 5.82 Å². The number of aliphatic hydroxyl groups is 1. The molecule has 1 saturated heterocycles. The highest BCUT2D eigenvalue weighted by Gasteiger charge is 2.19. The molecule has 2 heterocycles. The van der Waals surface area contributed by atoms with Crippen LogP contribution >= 0.6 is 11.3 Å². The zero-order chi connectivity index (χ0) is 21.8. The van der Waals surface area contributed by atoms with E-state index in [1.807, 2.05) is 24.3 Å². The highest BCUT2D eigenvalue weighted by Crippen LogP contribution is 2.34. The quantitative estimate of drug-likeness (QED) is 0.511. The molecule has 31 heavy (non-hydrogen) atoms. The first kappa shape index (κ1) is 21.9. The monoisotopic (exact) mass is 444 g/mol. The van der Waals surface area contributed by atoms with E-state index >= 15 is 0 Å². The molecule has 1 aliphatic rings. The predicted molar refractivity (Wildman–Crippen MR) is 124 cm³/mol. The first-order valence-electron chi connectivity index (χ1n) is 10.7. The standard InChI is InChI=1S/C24H29FN2O3S/c1-17(28)18-4-7-22(23(14-18)29-2)30-13-3-8-26-9-11-27(12-10-26)21-16-31-24-15-19(25)5-6-20(21)24/h4-7,14-17,28H,3,8-13H2,1-2H3. The van der Waals surface area contributed by atoms with Gasteiger partial charge in [-0.25, -0.2) is 4.39 Å². The predicted octanol–water partition coefficient (Wildman–Crippen LogP) is 4.69. The summed E-state index contributed by atoms with van der Waals surface area (Å²) in [5, 5.41) is 13.0. The molecule has 1 atom stereocenters. The number of halogens is 1. The second kappa shape index (κ2) is 9.85. The molecule has 2 aromatic carbocycles. The highest BCUT2D eigenvalue weighted by atomic mass is 32.1. The van der Waals surface area contributed by atoms with Gasteiger partial charge in [0.05, 0.1) is 25.5 Å². The average molecular weight is 445 g/mol. The van der Waals surface area contributed by atoms with Gasteiger partial charge in [0, 0.05) is 48.2 Å². The summed E-state index contributed by atoms with van der Waals surface area (Å²) < 4.78 is 25.8. The van der Waals surface area contributed by atoms with Gasteiger partial charge in [-0.15, -0.1) is 11.3 Å². The van der Waals surface area contributed by atoms with E-state index in [4.69, 9.17) is 9.47 Å². The van der Waals surface area contributed by atoms with E-state index in [1.54, 1.807) is 37.5 Å². The van der Waals surface area contributed by atoms with Crippen molar-refractivity contribution in [1.82, 2.24) is 4.90 Å². The van der Waals surface area contributed by atoms with Crippen LogP contribution < -0.4 is 14.4 Å². The number of benzene rings is 2. The Morgan fingerprint density at radius 2 is 1.90 bits per heavy atom. The van der Waals surface area contributed by atoms with Crippen LogP contribution in [-0.2, 0) is 0 Å². The number of anilines is 1. The number of thiophene rings is 1. The molecule has 0 spiro atoms. The Bertz CT molecular complexity index is 1020. The zero-order valence-corrected chi connectivity index (χ0v) is 18.8. The van der Waals surface area contributed by atoms with Crippen molar-refractivity contribution in [2.75, 3.05) is 51.3 Å². The number of nitrogens with zero attached hydrogens (tertiary/aromatic N) is 2. The van der Waals surface area contributed by atoms with Gasteiger partial charge < -0.3 is 19.5 Å². The topological polar surface area (TPSA) is 45.2 Å². The van der Waals surface area contributed by atoms with Gasteiger partial charge in [0.2, 0.25) is 0 Å². The molecular weight excluding hydrogens is 415 g/mol. The van der Waals surface area contributed by atoms with Crippen molar-refractivity contribution in [3.63, 3.8) is 0 Å². The van der Waals surface area contributed by atoms with Gasteiger partial charge >= 0.3 is 0 Å². The van der Waals surface area contributed by atoms with Crippen LogP contribution in [0.5, 0.6) is 11.5 Å². The van der Waals surface area contributed by atoms with Crippen LogP contribution in [0.25, 0.3) is 10.1 Å². The second-order valence-corrected chi connectivity index (χ2v) is 8.79. The third kappa shape index (κ3) is 5.11. The minimum atomic E-state index is -0.533. The summed E-state index contributed by atoms with van der Waals surface area (Å²) in [6, 6.07) is 10.6. The normalized spacial score (nSPS) is 15.9. The summed E-state index contributed by atoms with van der Waals surface area (Å²) in [6.45, 7) is 7.28. The maximum Gasteiger partial charge on any atom is 0.161 e. The maximum absolute atomic E-state index is 13.4. The van der Waals surface area contributed by atoms with Crippen molar-refractivity contribution in [1.29, 1.82) is 0 Å². The third-order valence-electron chi connectivity index (χ3n) is 5.78. The van der Waals surface area contributed by atoms with Crippen molar-refractivity contribution in [2.45, 2.75) is 19.4 Å². The summed E-state index contributed by atoms with van der Waals surface area (Å²) in [5.74, 6) is 1.18. The summed E-state index contributed by atoms with van der Waals surface area (Å²) in [6.07, 6.45) is 0.400. The van der Waals surface area contributed by atoms with Crippen molar-refractivity contribution in [3.8, 4) is 11.5 Å². The van der Waals surface area contributed by atoms with Crippen molar-refractivity contribution in [2.24, 2.45) is 0 Å². The van der Waals surface area contributed by atoms with Crippen LogP contribution in [0.15, 0.2) is 41.8 Å². The Hall–Kier alpha value is -2.35. The molecule has 1 N–H and O–H groups in total. The molecule has 5 nitrogen and oxygen atoms in total. The highest BCUT2D eigenvalue weighted by molar-refractivity contribution is 7.17. The Morgan fingerprint density at radius 1 is 1.10 bits per heavy atom. The number of piperazine rings is 1. The molecule has 1 fully saturated rings. The number of rotatable bonds is 8. The number of methoxy groups -OCH3 is 1. The zero-order valence-electron chi connectivity index (χ0n) is 18.0. The van der Waals surface area contributed by atoms with Gasteiger partial charge in [-0.2, -0.15) is 0 Å². The Balaban J connectivity index is 1.24. The first-order chi connectivity index (χ1) is 15.0. The van der Waals surface area contributed by atoms with Gasteiger partial charge in [0.15, 0.2) is 11.5 Å². The van der Waals surface area contributed by atoms with E-state index in [2.05, 4.69) is 15.2 Å². The van der Waals surface area contributed by atoms with Gasteiger partial charge in [-0.1, -0.05) is 6.07 Å². The van der Waals surface area contributed by atoms with Gasteiger partial charge in [0.25, 0.3) is 0 Å². The number of hydrogen-bond donors (Lipinski definition) is 1. The molecular formula is C24H29FN2O3S. The molecule has 0 radical (unpaired) electrons.